The van der Waals surface area contributed by atoms with Crippen molar-refractivity contribution in [3.05, 3.63) is 39.4 Å². The Labute approximate surface area is 171 Å². The zero-order chi connectivity index (χ0) is 18.3. The summed E-state index contributed by atoms with van der Waals surface area (Å²) in [5.74, 6) is 1.49. The zero-order valence-electron chi connectivity index (χ0n) is 14.4. The normalized spacial score (nSPS) is 20.6. The molecule has 0 atom stereocenters. The molecule has 0 aromatic carbocycles. The van der Waals surface area contributed by atoms with Gasteiger partial charge < -0.3 is 4.57 Å². The number of imidazole rings is 1. The largest absolute Gasteiger partial charge is 0.316 e. The van der Waals surface area contributed by atoms with E-state index < -0.39 is 0 Å². The van der Waals surface area contributed by atoms with Crippen LogP contribution in [0.1, 0.15) is 32.6 Å². The SMILES string of the molecule is CC1CCC(Cn2c(Br)nc3cc(Cl)nc(-c4cncc(Cl)c4)c32)CC1. The molecule has 26 heavy (non-hydrogen) atoms. The van der Waals surface area contributed by atoms with Crippen molar-refractivity contribution in [1.82, 2.24) is 19.5 Å². The molecule has 3 heterocycles. The molecule has 4 rings (SSSR count). The van der Waals surface area contributed by atoms with E-state index in [9.17, 15) is 0 Å². The zero-order valence-corrected chi connectivity index (χ0v) is 17.5. The Balaban J connectivity index is 1.81. The molecule has 7 heteroatoms. The van der Waals surface area contributed by atoms with E-state index in [1.807, 2.05) is 12.1 Å². The molecular formula is C19H19BrCl2N4. The highest BCUT2D eigenvalue weighted by Gasteiger charge is 2.23. The molecule has 0 bridgehead atoms. The molecule has 136 valence electrons. The van der Waals surface area contributed by atoms with Crippen molar-refractivity contribution in [2.24, 2.45) is 11.8 Å². The van der Waals surface area contributed by atoms with E-state index >= 15 is 0 Å². The molecule has 1 saturated carbocycles. The molecule has 1 aliphatic rings. The Kier molecular flexibility index (Phi) is 5.22. The van der Waals surface area contributed by atoms with Crippen LogP contribution >= 0.6 is 39.1 Å². The summed E-state index contributed by atoms with van der Waals surface area (Å²) in [5, 5.41) is 0.986. The molecule has 0 radical (unpaired) electrons. The maximum absolute atomic E-state index is 6.25. The van der Waals surface area contributed by atoms with Gasteiger partial charge in [0, 0.05) is 30.6 Å². The summed E-state index contributed by atoms with van der Waals surface area (Å²) in [6.45, 7) is 3.27. The minimum absolute atomic E-state index is 0.413. The Morgan fingerprint density at radius 2 is 1.88 bits per heavy atom. The second-order valence-corrected chi connectivity index (χ2v) is 8.70. The van der Waals surface area contributed by atoms with E-state index in [1.165, 1.54) is 25.7 Å². The lowest BCUT2D eigenvalue weighted by Gasteiger charge is -2.27. The predicted octanol–water partition coefficient (Wildman–Crippen LogP) is 6.39. The molecule has 1 aliphatic carbocycles. The lowest BCUT2D eigenvalue weighted by molar-refractivity contribution is 0.265. The fraction of sp³-hybridized carbons (Fsp3) is 0.421. The number of fused-ring (bicyclic) bond motifs is 1. The van der Waals surface area contributed by atoms with E-state index in [0.717, 1.165) is 39.5 Å². The number of pyridine rings is 2. The Hall–Kier alpha value is -1.17. The van der Waals surface area contributed by atoms with Crippen molar-refractivity contribution < 1.29 is 0 Å². The number of aromatic nitrogens is 4. The Bertz CT molecular complexity index is 948. The second-order valence-electron chi connectivity index (χ2n) is 7.17. The highest BCUT2D eigenvalue weighted by Crippen LogP contribution is 2.35. The van der Waals surface area contributed by atoms with Crippen molar-refractivity contribution in [2.45, 2.75) is 39.2 Å². The quantitative estimate of drug-likeness (QED) is 0.431. The van der Waals surface area contributed by atoms with Gasteiger partial charge in [0.15, 0.2) is 4.73 Å². The standard InChI is InChI=1S/C19H19BrCl2N4/c1-11-2-4-12(5-3-11)10-26-18-15(24-19(26)20)7-16(22)25-17(18)13-6-14(21)9-23-8-13/h6-9,11-12H,2-5,10H2,1H3. The van der Waals surface area contributed by atoms with Gasteiger partial charge in [-0.2, -0.15) is 0 Å². The smallest absolute Gasteiger partial charge is 0.178 e. The van der Waals surface area contributed by atoms with Crippen LogP contribution in [0.5, 0.6) is 0 Å². The number of rotatable bonds is 3. The first-order chi connectivity index (χ1) is 12.5. The molecule has 0 unspecified atom stereocenters. The molecule has 0 aliphatic heterocycles. The lowest BCUT2D eigenvalue weighted by atomic mass is 9.83. The third kappa shape index (κ3) is 3.62. The summed E-state index contributed by atoms with van der Waals surface area (Å²) in [7, 11) is 0. The topological polar surface area (TPSA) is 43.6 Å². The monoisotopic (exact) mass is 452 g/mol. The van der Waals surface area contributed by atoms with Crippen LogP contribution in [0.4, 0.5) is 0 Å². The van der Waals surface area contributed by atoms with Gasteiger partial charge in [0.05, 0.1) is 21.7 Å². The fourth-order valence-corrected chi connectivity index (χ4v) is 4.65. The van der Waals surface area contributed by atoms with Gasteiger partial charge >= 0.3 is 0 Å². The van der Waals surface area contributed by atoms with Crippen LogP contribution in [0.2, 0.25) is 10.2 Å². The Morgan fingerprint density at radius 1 is 1.12 bits per heavy atom. The molecule has 3 aromatic heterocycles. The number of nitrogens with zero attached hydrogens (tertiary/aromatic N) is 4. The molecule has 1 fully saturated rings. The molecule has 0 amide bonds. The van der Waals surface area contributed by atoms with Gasteiger partial charge in [0.25, 0.3) is 0 Å². The number of hydrogen-bond acceptors (Lipinski definition) is 3. The Morgan fingerprint density at radius 3 is 2.62 bits per heavy atom. The van der Waals surface area contributed by atoms with Crippen LogP contribution in [-0.2, 0) is 6.54 Å². The van der Waals surface area contributed by atoms with Crippen LogP contribution in [-0.4, -0.2) is 19.5 Å². The summed E-state index contributed by atoms with van der Waals surface area (Å²) in [6.07, 6.45) is 8.47. The van der Waals surface area contributed by atoms with Gasteiger partial charge in [-0.25, -0.2) is 9.97 Å². The average molecular weight is 454 g/mol. The summed E-state index contributed by atoms with van der Waals surface area (Å²) < 4.78 is 3.03. The fourth-order valence-electron chi connectivity index (χ4n) is 3.78. The third-order valence-electron chi connectivity index (χ3n) is 5.20. The van der Waals surface area contributed by atoms with E-state index in [2.05, 4.69) is 42.4 Å². The highest BCUT2D eigenvalue weighted by molar-refractivity contribution is 9.10. The first-order valence-corrected chi connectivity index (χ1v) is 10.4. The van der Waals surface area contributed by atoms with Crippen LogP contribution in [0.25, 0.3) is 22.3 Å². The number of halogens is 3. The van der Waals surface area contributed by atoms with Gasteiger partial charge in [-0.15, -0.1) is 0 Å². The maximum Gasteiger partial charge on any atom is 0.178 e. The average Bonchev–Trinajstić information content (AvgIpc) is 2.91. The molecule has 3 aromatic rings. The summed E-state index contributed by atoms with van der Waals surface area (Å²) >= 11 is 16.0. The second kappa shape index (κ2) is 7.45. The van der Waals surface area contributed by atoms with Gasteiger partial charge in [-0.3, -0.25) is 4.98 Å². The summed E-state index contributed by atoms with van der Waals surface area (Å²) in [6, 6.07) is 3.67. The molecule has 0 spiro atoms. The van der Waals surface area contributed by atoms with Crippen molar-refractivity contribution in [1.29, 1.82) is 0 Å². The molecule has 4 nitrogen and oxygen atoms in total. The molecule has 0 saturated heterocycles. The summed E-state index contributed by atoms with van der Waals surface area (Å²) in [4.78, 5) is 13.4. The molecule has 0 N–H and O–H groups in total. The van der Waals surface area contributed by atoms with Crippen molar-refractivity contribution >= 4 is 50.2 Å². The molecular weight excluding hydrogens is 435 g/mol. The predicted molar refractivity (Wildman–Crippen MR) is 110 cm³/mol. The number of hydrogen-bond donors (Lipinski definition) is 0. The van der Waals surface area contributed by atoms with E-state index in [0.29, 0.717) is 16.1 Å². The summed E-state index contributed by atoms with van der Waals surface area (Å²) in [5.41, 5.74) is 3.42. The van der Waals surface area contributed by atoms with Gasteiger partial charge in [0.1, 0.15) is 5.15 Å². The first-order valence-electron chi connectivity index (χ1n) is 8.84. The van der Waals surface area contributed by atoms with E-state index in [4.69, 9.17) is 23.2 Å². The third-order valence-corrected chi connectivity index (χ3v) is 6.21. The van der Waals surface area contributed by atoms with Crippen LogP contribution in [0.3, 0.4) is 0 Å². The van der Waals surface area contributed by atoms with Crippen LogP contribution < -0.4 is 0 Å². The van der Waals surface area contributed by atoms with Gasteiger partial charge in [-0.05, 0) is 46.7 Å². The van der Waals surface area contributed by atoms with Gasteiger partial charge in [-0.1, -0.05) is 43.0 Å². The van der Waals surface area contributed by atoms with E-state index in [-0.39, 0.29) is 0 Å². The first kappa shape index (κ1) is 18.2. The van der Waals surface area contributed by atoms with Crippen molar-refractivity contribution in [2.75, 3.05) is 0 Å². The highest BCUT2D eigenvalue weighted by atomic mass is 79.9. The van der Waals surface area contributed by atoms with Crippen molar-refractivity contribution in [3.8, 4) is 11.3 Å². The maximum atomic E-state index is 6.25. The van der Waals surface area contributed by atoms with Crippen LogP contribution in [0, 0.1) is 11.8 Å². The minimum Gasteiger partial charge on any atom is -0.316 e. The van der Waals surface area contributed by atoms with Gasteiger partial charge in [0.2, 0.25) is 0 Å². The van der Waals surface area contributed by atoms with Crippen molar-refractivity contribution in [3.63, 3.8) is 0 Å². The van der Waals surface area contributed by atoms with Crippen LogP contribution in [0.15, 0.2) is 29.3 Å². The van der Waals surface area contributed by atoms with E-state index in [1.54, 1.807) is 12.4 Å². The lowest BCUT2D eigenvalue weighted by Crippen LogP contribution is -2.18. The minimum atomic E-state index is 0.413.